The number of aromatic nitrogens is 1. The number of alkyl halides is 3. The quantitative estimate of drug-likeness (QED) is 0.379. The maximum Gasteiger partial charge on any atom is 0.522 e. The van der Waals surface area contributed by atoms with Crippen LogP contribution in [0.3, 0.4) is 0 Å². The van der Waals surface area contributed by atoms with Crippen LogP contribution in [-0.4, -0.2) is 92.9 Å². The van der Waals surface area contributed by atoms with Crippen molar-refractivity contribution in [2.75, 3.05) is 62.8 Å². The van der Waals surface area contributed by atoms with Gasteiger partial charge in [-0.1, -0.05) is 6.07 Å². The smallest absolute Gasteiger partial charge is 0.469 e. The largest absolute Gasteiger partial charge is 0.522 e. The number of carbonyl (C=O) groups excluding carboxylic acids is 1. The Labute approximate surface area is 255 Å². The fourth-order valence-electron chi connectivity index (χ4n) is 5.51. The summed E-state index contributed by atoms with van der Waals surface area (Å²) in [6.07, 6.45) is -2.96. The van der Waals surface area contributed by atoms with Crippen LogP contribution in [0.25, 0.3) is 11.1 Å². The van der Waals surface area contributed by atoms with Crippen LogP contribution in [0.5, 0.6) is 5.88 Å². The first-order chi connectivity index (χ1) is 20.9. The predicted molar refractivity (Wildman–Crippen MR) is 158 cm³/mol. The molecule has 4 heterocycles. The van der Waals surface area contributed by atoms with Gasteiger partial charge in [0.2, 0.25) is 5.88 Å². The zero-order valence-corrected chi connectivity index (χ0v) is 25.5. The van der Waals surface area contributed by atoms with Gasteiger partial charge < -0.3 is 34.1 Å². The number of urea groups is 1. The highest BCUT2D eigenvalue weighted by Gasteiger charge is 2.38. The molecule has 2 aromatic rings. The molecule has 10 nitrogen and oxygen atoms in total. The normalized spacial score (nSPS) is 21.4. The summed E-state index contributed by atoms with van der Waals surface area (Å²) in [5.74, 6) is 1.18. The Morgan fingerprint density at radius 1 is 1.07 bits per heavy atom. The van der Waals surface area contributed by atoms with Crippen molar-refractivity contribution in [1.82, 2.24) is 9.88 Å². The molecule has 1 N–H and O–H groups in total. The summed E-state index contributed by atoms with van der Waals surface area (Å²) >= 11 is 0. The molecule has 1 unspecified atom stereocenters. The Morgan fingerprint density at radius 2 is 1.86 bits per heavy atom. The number of carbonyl (C=O) groups is 1. The van der Waals surface area contributed by atoms with Gasteiger partial charge in [0.05, 0.1) is 25.9 Å². The van der Waals surface area contributed by atoms with E-state index in [1.165, 1.54) is 4.90 Å². The van der Waals surface area contributed by atoms with Crippen molar-refractivity contribution in [3.63, 3.8) is 0 Å². The Morgan fingerprint density at radius 3 is 2.59 bits per heavy atom. The molecule has 3 aliphatic heterocycles. The van der Waals surface area contributed by atoms with Crippen LogP contribution >= 0.6 is 0 Å². The van der Waals surface area contributed by atoms with Crippen LogP contribution in [0.2, 0.25) is 0 Å². The molecule has 0 spiro atoms. The number of aryl methyl sites for hydroxylation is 1. The molecule has 0 bridgehead atoms. The van der Waals surface area contributed by atoms with Gasteiger partial charge in [0.15, 0.2) is 6.29 Å². The number of hydrogen-bond acceptors (Lipinski definition) is 8. The van der Waals surface area contributed by atoms with E-state index in [-0.39, 0.29) is 25.8 Å². The highest BCUT2D eigenvalue weighted by atomic mass is 19.4. The van der Waals surface area contributed by atoms with Crippen LogP contribution in [0.15, 0.2) is 30.3 Å². The van der Waals surface area contributed by atoms with Crippen LogP contribution in [0.4, 0.5) is 29.5 Å². The zero-order valence-electron chi connectivity index (χ0n) is 25.5. The number of nitrogens with one attached hydrogen (secondary N) is 1. The average Bonchev–Trinajstić information content (AvgIpc) is 3.45. The number of ether oxygens (including phenoxy) is 5. The summed E-state index contributed by atoms with van der Waals surface area (Å²) in [6.45, 7) is 9.48. The molecule has 3 saturated heterocycles. The molecule has 2 atom stereocenters. The molecule has 44 heavy (non-hydrogen) atoms. The Kier molecular flexibility index (Phi) is 10.2. The third kappa shape index (κ3) is 8.96. The van der Waals surface area contributed by atoms with Gasteiger partial charge in [-0.05, 0) is 81.3 Å². The topological polar surface area (TPSA) is 94.6 Å². The van der Waals surface area contributed by atoms with Gasteiger partial charge in [0, 0.05) is 44.5 Å². The van der Waals surface area contributed by atoms with Crippen molar-refractivity contribution in [3.8, 4) is 17.0 Å². The van der Waals surface area contributed by atoms with Crippen LogP contribution in [-0.2, 0) is 18.9 Å². The van der Waals surface area contributed by atoms with E-state index in [0.29, 0.717) is 51.1 Å². The Hall–Kier alpha value is -3.13. The molecule has 1 aromatic heterocycles. The molecular formula is C31H41F3N4O6. The van der Waals surface area contributed by atoms with E-state index in [1.807, 2.05) is 45.0 Å². The minimum Gasteiger partial charge on any atom is -0.469 e. The molecule has 3 fully saturated rings. The lowest BCUT2D eigenvalue weighted by atomic mass is 10.00. The van der Waals surface area contributed by atoms with E-state index < -0.39 is 24.1 Å². The predicted octanol–water partition coefficient (Wildman–Crippen LogP) is 5.74. The molecule has 5 rings (SSSR count). The number of pyridine rings is 1. The number of likely N-dealkylation sites (tertiary alicyclic amines) is 1. The van der Waals surface area contributed by atoms with Gasteiger partial charge in [-0.2, -0.15) is 4.98 Å². The number of morpholine rings is 1. The Balaban J connectivity index is 1.34. The minimum atomic E-state index is -4.73. The Bertz CT molecular complexity index is 1280. The summed E-state index contributed by atoms with van der Waals surface area (Å²) in [4.78, 5) is 21.2. The minimum absolute atomic E-state index is 0.116. The lowest BCUT2D eigenvalue weighted by Crippen LogP contribution is -2.38. The van der Waals surface area contributed by atoms with E-state index in [9.17, 15) is 18.0 Å². The van der Waals surface area contributed by atoms with Crippen LogP contribution < -0.4 is 15.0 Å². The molecule has 13 heteroatoms. The molecule has 0 saturated carbocycles. The van der Waals surface area contributed by atoms with E-state index in [2.05, 4.69) is 15.0 Å². The average molecular weight is 623 g/mol. The summed E-state index contributed by atoms with van der Waals surface area (Å²) in [7, 11) is 0. The van der Waals surface area contributed by atoms with Gasteiger partial charge in [0.25, 0.3) is 0 Å². The van der Waals surface area contributed by atoms with E-state index in [0.717, 1.165) is 41.8 Å². The second-order valence-electron chi connectivity index (χ2n) is 12.0. The summed E-state index contributed by atoms with van der Waals surface area (Å²) < 4.78 is 65.7. The van der Waals surface area contributed by atoms with E-state index in [4.69, 9.17) is 23.9 Å². The second kappa shape index (κ2) is 13.9. The molecule has 0 radical (unpaired) electrons. The molecule has 1 aromatic carbocycles. The summed E-state index contributed by atoms with van der Waals surface area (Å²) in [6, 6.07) is 8.89. The number of anilines is 2. The standard InChI is InChI=1S/C31H41F3N4O6/c1-21-7-8-23(35-29(39)38-10-9-24(19-38)43-31(32,33)34)18-25(21)22-16-26(37-11-14-40-15-12-37)36-27(17-22)44-30(2,3)20-42-28-6-4-5-13-41-28/h7-8,16-18,24,28H,4-6,9-15,19-20H2,1-3H3,(H,35,39)/t24-,28?/m0/s1. The van der Waals surface area contributed by atoms with Crippen LogP contribution in [0, 0.1) is 6.92 Å². The number of halogens is 3. The maximum atomic E-state index is 12.9. The molecule has 2 amide bonds. The van der Waals surface area contributed by atoms with Crippen molar-refractivity contribution < 1.29 is 41.7 Å². The summed E-state index contributed by atoms with van der Waals surface area (Å²) in [5, 5.41) is 2.83. The first kappa shape index (κ1) is 32.3. The SMILES string of the molecule is Cc1ccc(NC(=O)N2CC[C@H](OC(F)(F)F)C2)cc1-c1cc(OC(C)(C)COC2CCCCO2)nc(N2CCOCC2)c1. The monoisotopic (exact) mass is 622 g/mol. The van der Waals surface area contributed by atoms with E-state index >= 15 is 0 Å². The molecular weight excluding hydrogens is 581 g/mol. The van der Waals surface area contributed by atoms with Gasteiger partial charge in [-0.3, -0.25) is 4.74 Å². The molecule has 242 valence electrons. The van der Waals surface area contributed by atoms with Crippen molar-refractivity contribution in [3.05, 3.63) is 35.9 Å². The van der Waals surface area contributed by atoms with Crippen molar-refractivity contribution in [2.45, 2.75) is 70.8 Å². The lowest BCUT2D eigenvalue weighted by Gasteiger charge is -2.31. The van der Waals surface area contributed by atoms with Gasteiger partial charge >= 0.3 is 12.4 Å². The first-order valence-corrected chi connectivity index (χ1v) is 15.1. The number of amides is 2. The van der Waals surface area contributed by atoms with Crippen molar-refractivity contribution in [2.24, 2.45) is 0 Å². The third-order valence-corrected chi connectivity index (χ3v) is 7.79. The molecule has 3 aliphatic rings. The van der Waals surface area contributed by atoms with Crippen molar-refractivity contribution >= 4 is 17.5 Å². The highest BCUT2D eigenvalue weighted by molar-refractivity contribution is 5.90. The lowest BCUT2D eigenvalue weighted by molar-refractivity contribution is -0.340. The maximum absolute atomic E-state index is 12.9. The molecule has 0 aliphatic carbocycles. The fourth-order valence-corrected chi connectivity index (χ4v) is 5.51. The fraction of sp³-hybridized carbons (Fsp3) is 0.613. The van der Waals surface area contributed by atoms with E-state index in [1.54, 1.807) is 6.07 Å². The van der Waals surface area contributed by atoms with Crippen molar-refractivity contribution in [1.29, 1.82) is 0 Å². The zero-order chi connectivity index (χ0) is 31.3. The number of nitrogens with zero attached hydrogens (tertiary/aromatic N) is 3. The number of hydrogen-bond donors (Lipinski definition) is 1. The highest BCUT2D eigenvalue weighted by Crippen LogP contribution is 2.34. The van der Waals surface area contributed by atoms with Gasteiger partial charge in [0.1, 0.15) is 11.4 Å². The number of benzene rings is 1. The summed E-state index contributed by atoms with van der Waals surface area (Å²) in [5.41, 5.74) is 2.49. The first-order valence-electron chi connectivity index (χ1n) is 15.1. The van der Waals surface area contributed by atoms with Gasteiger partial charge in [-0.15, -0.1) is 13.2 Å². The van der Waals surface area contributed by atoms with Gasteiger partial charge in [-0.25, -0.2) is 4.79 Å². The third-order valence-electron chi connectivity index (χ3n) is 7.79. The van der Waals surface area contributed by atoms with Crippen LogP contribution in [0.1, 0.15) is 45.1 Å². The number of rotatable bonds is 9. The second-order valence-corrected chi connectivity index (χ2v) is 12.0.